The highest BCUT2D eigenvalue weighted by molar-refractivity contribution is 6.63. The monoisotopic (exact) mass is 290 g/mol. The molecule has 0 aliphatic heterocycles. The van der Waals surface area contributed by atoms with Gasteiger partial charge in [-0.25, -0.2) is 0 Å². The van der Waals surface area contributed by atoms with E-state index in [0.717, 1.165) is 5.69 Å². The Morgan fingerprint density at radius 2 is 1.62 bits per heavy atom. The number of carbonyl (C=O) groups excluding carboxylic acids is 2. The van der Waals surface area contributed by atoms with Gasteiger partial charge in [-0.15, -0.1) is 0 Å². The molecule has 0 aliphatic rings. The summed E-state index contributed by atoms with van der Waals surface area (Å²) < 4.78 is 1.69. The van der Waals surface area contributed by atoms with Gasteiger partial charge in [0.2, 0.25) is 5.78 Å². The first-order valence-corrected chi connectivity index (χ1v) is 7.08. The van der Waals surface area contributed by atoms with Crippen molar-refractivity contribution in [3.8, 4) is 0 Å². The number of anilines is 1. The molecule has 21 heavy (non-hydrogen) atoms. The van der Waals surface area contributed by atoms with Crippen molar-refractivity contribution in [1.29, 1.82) is 0 Å². The topological polar surface area (TPSA) is 66.4 Å². The highest BCUT2D eigenvalue weighted by Crippen LogP contribution is 2.18. The number of nitrogens with two attached hydrogens (primary N) is 1. The van der Waals surface area contributed by atoms with E-state index in [4.69, 9.17) is 5.73 Å². The normalized spacial score (nSPS) is 12.3. The Hall–Kier alpha value is -2.17. The summed E-state index contributed by atoms with van der Waals surface area (Å²) in [6, 6.07) is 9.61. The Kier molecular flexibility index (Phi) is 5.64. The van der Waals surface area contributed by atoms with E-state index in [1.165, 1.54) is 6.92 Å². The van der Waals surface area contributed by atoms with E-state index in [1.807, 2.05) is 63.0 Å². The quantitative estimate of drug-likeness (QED) is 0.376. The molecule has 0 saturated heterocycles. The maximum absolute atomic E-state index is 11.9. The fourth-order valence-electron chi connectivity index (χ4n) is 2.31. The Balaban J connectivity index is 3.59. The molecule has 0 atom stereocenters. The van der Waals surface area contributed by atoms with Crippen LogP contribution in [0.3, 0.4) is 0 Å². The molecule has 0 saturated carbocycles. The molecule has 0 fully saturated rings. The Bertz CT molecular complexity index is 532. The van der Waals surface area contributed by atoms with Crippen molar-refractivity contribution < 1.29 is 14.3 Å². The number of rotatable bonds is 6. The SMILES string of the molecule is CC(=O)C(C(N)=O)=[N+](C(C)C)N(c1ccccc1)C(C)C. The van der Waals surface area contributed by atoms with Crippen LogP contribution in [0.5, 0.6) is 0 Å². The molecule has 0 bridgehead atoms. The molecule has 0 heterocycles. The predicted molar refractivity (Wildman–Crippen MR) is 84.3 cm³/mol. The van der Waals surface area contributed by atoms with Crippen molar-refractivity contribution in [3.63, 3.8) is 0 Å². The molecule has 114 valence electrons. The summed E-state index contributed by atoms with van der Waals surface area (Å²) in [6.07, 6.45) is 0. The molecule has 1 aromatic carbocycles. The van der Waals surface area contributed by atoms with Gasteiger partial charge in [0.05, 0.1) is 11.7 Å². The lowest BCUT2D eigenvalue weighted by Gasteiger charge is -2.27. The standard InChI is InChI=1S/C16H23N3O2/c1-11(2)18(14-9-7-6-8-10-14)19(12(3)4)15(13(5)20)16(17)21/h6-12H,1-5H3,(H-,17,21)/p+1. The molecule has 5 heteroatoms. The fraction of sp³-hybridized carbons (Fsp3) is 0.438. The largest absolute Gasteiger partial charge is 0.360 e. The lowest BCUT2D eigenvalue weighted by Crippen LogP contribution is -2.52. The summed E-state index contributed by atoms with van der Waals surface area (Å²) in [5, 5.41) is 1.92. The van der Waals surface area contributed by atoms with Crippen molar-refractivity contribution in [3.05, 3.63) is 30.3 Å². The van der Waals surface area contributed by atoms with E-state index in [0.29, 0.717) is 0 Å². The van der Waals surface area contributed by atoms with Gasteiger partial charge in [-0.3, -0.25) is 9.59 Å². The number of hydrogen-bond donors (Lipinski definition) is 1. The van der Waals surface area contributed by atoms with Gasteiger partial charge in [0, 0.05) is 6.92 Å². The van der Waals surface area contributed by atoms with Crippen molar-refractivity contribution in [2.24, 2.45) is 5.73 Å². The average Bonchev–Trinajstić information content (AvgIpc) is 2.37. The number of amides is 1. The van der Waals surface area contributed by atoms with E-state index in [2.05, 4.69) is 0 Å². The highest BCUT2D eigenvalue weighted by Gasteiger charge is 2.35. The lowest BCUT2D eigenvalue weighted by atomic mass is 10.2. The van der Waals surface area contributed by atoms with Gasteiger partial charge in [0.15, 0.2) is 6.04 Å². The maximum Gasteiger partial charge on any atom is 0.336 e. The number of ketones is 1. The fourth-order valence-corrected chi connectivity index (χ4v) is 2.31. The minimum Gasteiger partial charge on any atom is -0.360 e. The van der Waals surface area contributed by atoms with Gasteiger partial charge >= 0.3 is 11.6 Å². The number of benzene rings is 1. The molecule has 1 amide bonds. The number of nitrogens with zero attached hydrogens (tertiary/aromatic N) is 2. The second-order valence-electron chi connectivity index (χ2n) is 5.48. The summed E-state index contributed by atoms with van der Waals surface area (Å²) >= 11 is 0. The molecule has 0 spiro atoms. The van der Waals surface area contributed by atoms with Crippen molar-refractivity contribution >= 4 is 23.1 Å². The van der Waals surface area contributed by atoms with Gasteiger partial charge in [0.1, 0.15) is 0 Å². The van der Waals surface area contributed by atoms with Crippen LogP contribution in [-0.4, -0.2) is 34.2 Å². The van der Waals surface area contributed by atoms with Crippen molar-refractivity contribution in [1.82, 2.24) is 0 Å². The van der Waals surface area contributed by atoms with Crippen LogP contribution in [0.25, 0.3) is 0 Å². The molecule has 0 aliphatic carbocycles. The number of carbonyl (C=O) groups is 2. The Labute approximate surface area is 126 Å². The minimum atomic E-state index is -0.710. The average molecular weight is 290 g/mol. The van der Waals surface area contributed by atoms with E-state index in [-0.39, 0.29) is 23.6 Å². The summed E-state index contributed by atoms with van der Waals surface area (Å²) in [4.78, 5) is 23.6. The molecular formula is C16H24N3O2+. The van der Waals surface area contributed by atoms with Gasteiger partial charge in [-0.05, 0) is 39.8 Å². The zero-order chi connectivity index (χ0) is 16.2. The second kappa shape index (κ2) is 7.02. The summed E-state index contributed by atoms with van der Waals surface area (Å²) in [5.41, 5.74) is 6.33. The molecule has 1 aromatic rings. The predicted octanol–water partition coefficient (Wildman–Crippen LogP) is 1.75. The second-order valence-corrected chi connectivity index (χ2v) is 5.48. The summed E-state index contributed by atoms with van der Waals surface area (Å²) in [6.45, 7) is 9.20. The van der Waals surface area contributed by atoms with Crippen LogP contribution < -0.4 is 10.7 Å². The zero-order valence-corrected chi connectivity index (χ0v) is 13.3. The van der Waals surface area contributed by atoms with Crippen LogP contribution in [0.4, 0.5) is 5.69 Å². The van der Waals surface area contributed by atoms with Crippen LogP contribution in [0.1, 0.15) is 34.6 Å². The third-order valence-electron chi connectivity index (χ3n) is 3.03. The number of hydrazone groups is 1. The van der Waals surface area contributed by atoms with Gasteiger partial charge < -0.3 is 5.73 Å². The van der Waals surface area contributed by atoms with Crippen LogP contribution in [-0.2, 0) is 9.59 Å². The van der Waals surface area contributed by atoms with Crippen LogP contribution in [0.15, 0.2) is 30.3 Å². The third kappa shape index (κ3) is 3.90. The first kappa shape index (κ1) is 16.9. The number of Topliss-reactive ketones (excluding diaryl/α,β-unsaturated/α-hetero) is 1. The van der Waals surface area contributed by atoms with Gasteiger partial charge in [-0.1, -0.05) is 22.9 Å². The number of primary amides is 1. The number of hydrazine groups is 1. The van der Waals surface area contributed by atoms with Gasteiger partial charge in [-0.2, -0.15) is 5.01 Å². The van der Waals surface area contributed by atoms with E-state index in [9.17, 15) is 9.59 Å². The third-order valence-corrected chi connectivity index (χ3v) is 3.03. The van der Waals surface area contributed by atoms with Crippen LogP contribution >= 0.6 is 0 Å². The van der Waals surface area contributed by atoms with E-state index < -0.39 is 5.91 Å². The molecule has 5 nitrogen and oxygen atoms in total. The van der Waals surface area contributed by atoms with Crippen molar-refractivity contribution in [2.45, 2.75) is 46.7 Å². The Morgan fingerprint density at radius 3 is 1.95 bits per heavy atom. The Morgan fingerprint density at radius 1 is 1.10 bits per heavy atom. The van der Waals surface area contributed by atoms with Gasteiger partial charge in [0.25, 0.3) is 0 Å². The van der Waals surface area contributed by atoms with E-state index in [1.54, 1.807) is 4.68 Å². The summed E-state index contributed by atoms with van der Waals surface area (Å²) in [7, 11) is 0. The highest BCUT2D eigenvalue weighted by atomic mass is 16.2. The molecular weight excluding hydrogens is 266 g/mol. The maximum atomic E-state index is 11.9. The number of hydrogen-bond acceptors (Lipinski definition) is 3. The van der Waals surface area contributed by atoms with Crippen LogP contribution in [0.2, 0.25) is 0 Å². The van der Waals surface area contributed by atoms with Crippen molar-refractivity contribution in [2.75, 3.05) is 5.01 Å². The lowest BCUT2D eigenvalue weighted by molar-refractivity contribution is -0.573. The smallest absolute Gasteiger partial charge is 0.336 e. The zero-order valence-electron chi connectivity index (χ0n) is 13.3. The molecule has 0 radical (unpaired) electrons. The molecule has 1 rings (SSSR count). The minimum absolute atomic E-state index is 0.00236. The molecule has 0 unspecified atom stereocenters. The van der Waals surface area contributed by atoms with Crippen LogP contribution in [0, 0.1) is 0 Å². The molecule has 0 aromatic heterocycles. The first-order chi connectivity index (χ1) is 9.77. The summed E-state index contributed by atoms with van der Waals surface area (Å²) in [5.74, 6) is -1.05. The first-order valence-electron chi connectivity index (χ1n) is 7.08. The number of para-hydroxylation sites is 1. The van der Waals surface area contributed by atoms with E-state index >= 15 is 0 Å². The molecule has 2 N–H and O–H groups in total.